The molecule has 0 atom stereocenters. The molecule has 28 heavy (non-hydrogen) atoms. The smallest absolute Gasteiger partial charge is 0.324 e. The van der Waals surface area contributed by atoms with Gasteiger partial charge in [-0.25, -0.2) is 9.78 Å². The van der Waals surface area contributed by atoms with E-state index in [1.54, 1.807) is 35.6 Å². The minimum atomic E-state index is -0.418. The van der Waals surface area contributed by atoms with Crippen LogP contribution < -0.4 is 10.6 Å². The maximum absolute atomic E-state index is 12.6. The number of nitrogens with zero attached hydrogens (tertiary/aromatic N) is 2. The molecule has 1 aliphatic rings. The van der Waals surface area contributed by atoms with E-state index in [1.165, 1.54) is 16.2 Å². The summed E-state index contributed by atoms with van der Waals surface area (Å²) in [5.41, 5.74) is 1.98. The molecule has 0 unspecified atom stereocenters. The Morgan fingerprint density at radius 2 is 2.14 bits per heavy atom. The molecule has 0 aliphatic carbocycles. The number of thiazole rings is 1. The van der Waals surface area contributed by atoms with Gasteiger partial charge in [-0.05, 0) is 36.8 Å². The first-order chi connectivity index (χ1) is 13.5. The van der Waals surface area contributed by atoms with Crippen molar-refractivity contribution in [3.63, 3.8) is 0 Å². The van der Waals surface area contributed by atoms with E-state index in [1.807, 2.05) is 24.4 Å². The molecule has 0 bridgehead atoms. The lowest BCUT2D eigenvalue weighted by molar-refractivity contribution is -0.125. The fourth-order valence-corrected chi connectivity index (χ4v) is 4.40. The molecule has 1 aliphatic heterocycles. The molecule has 1 fully saturated rings. The summed E-state index contributed by atoms with van der Waals surface area (Å²) in [6.45, 7) is 2.18. The Labute approximate surface area is 169 Å². The zero-order valence-corrected chi connectivity index (χ0v) is 16.5. The number of carbonyl (C=O) groups is 3. The van der Waals surface area contributed by atoms with E-state index in [4.69, 9.17) is 0 Å². The number of imide groups is 1. The molecule has 2 aromatic heterocycles. The Balaban J connectivity index is 1.46. The van der Waals surface area contributed by atoms with Gasteiger partial charge in [-0.2, -0.15) is 0 Å². The van der Waals surface area contributed by atoms with Gasteiger partial charge < -0.3 is 5.32 Å². The third-order valence-electron chi connectivity index (χ3n) is 4.18. The van der Waals surface area contributed by atoms with Crippen molar-refractivity contribution in [3.05, 3.63) is 57.8 Å². The van der Waals surface area contributed by atoms with Crippen LogP contribution in [0.2, 0.25) is 0 Å². The predicted octanol–water partition coefficient (Wildman–Crippen LogP) is 3.48. The highest BCUT2D eigenvalue weighted by molar-refractivity contribution is 7.17. The zero-order valence-electron chi connectivity index (χ0n) is 14.9. The molecule has 0 spiro atoms. The summed E-state index contributed by atoms with van der Waals surface area (Å²) in [6.07, 6.45) is 0. The Bertz CT molecular complexity index is 1060. The van der Waals surface area contributed by atoms with Crippen molar-refractivity contribution in [2.45, 2.75) is 13.5 Å². The van der Waals surface area contributed by atoms with Crippen molar-refractivity contribution in [1.82, 2.24) is 15.2 Å². The van der Waals surface area contributed by atoms with Crippen molar-refractivity contribution in [3.8, 4) is 10.6 Å². The average molecular weight is 412 g/mol. The van der Waals surface area contributed by atoms with Crippen LogP contribution in [0, 0.1) is 6.92 Å². The highest BCUT2D eigenvalue weighted by atomic mass is 32.1. The maximum Gasteiger partial charge on any atom is 0.324 e. The van der Waals surface area contributed by atoms with Crippen molar-refractivity contribution in [2.24, 2.45) is 0 Å². The van der Waals surface area contributed by atoms with Gasteiger partial charge in [0, 0.05) is 15.8 Å². The lowest BCUT2D eigenvalue weighted by atomic mass is 10.1. The van der Waals surface area contributed by atoms with Gasteiger partial charge in [-0.15, -0.1) is 22.7 Å². The molecule has 3 heterocycles. The molecular weight excluding hydrogens is 396 g/mol. The van der Waals surface area contributed by atoms with Crippen molar-refractivity contribution < 1.29 is 14.4 Å². The quantitative estimate of drug-likeness (QED) is 0.628. The van der Waals surface area contributed by atoms with Crippen LogP contribution in [-0.2, 0) is 11.3 Å². The lowest BCUT2D eigenvalue weighted by Gasteiger charge is -2.13. The first-order valence-corrected chi connectivity index (χ1v) is 10.2. The molecule has 9 heteroatoms. The van der Waals surface area contributed by atoms with Gasteiger partial charge in [0.1, 0.15) is 0 Å². The Hall–Kier alpha value is -3.04. The molecular formula is C19H16N4O3S2. The number of nitrogens with one attached hydrogen (secondary N) is 2. The molecule has 0 saturated carbocycles. The number of urea groups is 1. The fourth-order valence-electron chi connectivity index (χ4n) is 2.79. The van der Waals surface area contributed by atoms with Crippen LogP contribution in [0.15, 0.2) is 41.8 Å². The zero-order chi connectivity index (χ0) is 19.7. The second-order valence-electron chi connectivity index (χ2n) is 6.24. The fraction of sp³-hybridized carbons (Fsp3) is 0.158. The van der Waals surface area contributed by atoms with Gasteiger partial charge in [-0.3, -0.25) is 19.8 Å². The first-order valence-electron chi connectivity index (χ1n) is 8.50. The number of aryl methyl sites for hydroxylation is 1. The third-order valence-corrected chi connectivity index (χ3v) is 5.97. The van der Waals surface area contributed by atoms with E-state index >= 15 is 0 Å². The second-order valence-corrected chi connectivity index (χ2v) is 8.39. The summed E-state index contributed by atoms with van der Waals surface area (Å²) in [6, 6.07) is 10.5. The topological polar surface area (TPSA) is 91.4 Å². The number of hydrogen-bond acceptors (Lipinski definition) is 6. The van der Waals surface area contributed by atoms with E-state index in [2.05, 4.69) is 15.6 Å². The molecule has 4 amide bonds. The normalized spacial score (nSPS) is 13.7. The number of anilines is 1. The molecule has 3 aromatic rings. The molecule has 1 aromatic carbocycles. The summed E-state index contributed by atoms with van der Waals surface area (Å²) in [5.74, 6) is -0.568. The van der Waals surface area contributed by atoms with E-state index in [9.17, 15) is 14.4 Å². The highest BCUT2D eigenvalue weighted by Crippen LogP contribution is 2.30. The number of thiophene rings is 1. The predicted molar refractivity (Wildman–Crippen MR) is 109 cm³/mol. The maximum atomic E-state index is 12.6. The summed E-state index contributed by atoms with van der Waals surface area (Å²) in [4.78, 5) is 43.9. The summed E-state index contributed by atoms with van der Waals surface area (Å²) >= 11 is 3.02. The largest absolute Gasteiger partial charge is 0.329 e. The number of aromatic nitrogens is 1. The van der Waals surface area contributed by atoms with Crippen LogP contribution in [-0.4, -0.2) is 34.3 Å². The molecule has 4 rings (SSSR count). The SMILES string of the molecule is Cc1ccc(-c2csc(NC(=O)c3cccc(CN4C(=O)CNC4=O)c3)n2)s1. The monoisotopic (exact) mass is 412 g/mol. The number of hydrogen-bond donors (Lipinski definition) is 2. The summed E-state index contributed by atoms with van der Waals surface area (Å²) in [5, 5.41) is 7.72. The average Bonchev–Trinajstić information content (AvgIpc) is 3.39. The number of rotatable bonds is 5. The van der Waals surface area contributed by atoms with Crippen molar-refractivity contribution >= 4 is 45.7 Å². The standard InChI is InChI=1S/C19H16N4O3S2/c1-11-5-6-15(28-11)14-10-27-18(21-14)22-17(25)13-4-2-3-12(7-13)9-23-16(24)8-20-19(23)26/h2-7,10H,8-9H2,1H3,(H,20,26)(H,21,22,25). The van der Waals surface area contributed by atoms with Crippen LogP contribution >= 0.6 is 22.7 Å². The van der Waals surface area contributed by atoms with Crippen LogP contribution in [0.5, 0.6) is 0 Å². The van der Waals surface area contributed by atoms with Crippen molar-refractivity contribution in [2.75, 3.05) is 11.9 Å². The number of carbonyl (C=O) groups excluding carboxylic acids is 3. The lowest BCUT2D eigenvalue weighted by Crippen LogP contribution is -2.30. The summed E-state index contributed by atoms with van der Waals surface area (Å²) < 4.78 is 0. The van der Waals surface area contributed by atoms with Gasteiger partial charge in [0.2, 0.25) is 5.91 Å². The van der Waals surface area contributed by atoms with Crippen LogP contribution in [0.4, 0.5) is 9.93 Å². The van der Waals surface area contributed by atoms with Gasteiger partial charge >= 0.3 is 6.03 Å². The Morgan fingerprint density at radius 3 is 2.86 bits per heavy atom. The van der Waals surface area contributed by atoms with Crippen LogP contribution in [0.3, 0.4) is 0 Å². The highest BCUT2D eigenvalue weighted by Gasteiger charge is 2.28. The van der Waals surface area contributed by atoms with Gasteiger partial charge in [-0.1, -0.05) is 12.1 Å². The van der Waals surface area contributed by atoms with Crippen LogP contribution in [0.1, 0.15) is 20.8 Å². The first kappa shape index (κ1) is 18.3. The van der Waals surface area contributed by atoms with Crippen LogP contribution in [0.25, 0.3) is 10.6 Å². The van der Waals surface area contributed by atoms with E-state index < -0.39 is 6.03 Å². The second kappa shape index (κ2) is 7.53. The van der Waals surface area contributed by atoms with Gasteiger partial charge in [0.25, 0.3) is 5.91 Å². The number of benzene rings is 1. The minimum Gasteiger partial charge on any atom is -0.329 e. The summed E-state index contributed by atoms with van der Waals surface area (Å²) in [7, 11) is 0. The number of amides is 4. The molecule has 1 saturated heterocycles. The van der Waals surface area contributed by atoms with E-state index in [-0.39, 0.29) is 24.9 Å². The van der Waals surface area contributed by atoms with E-state index in [0.29, 0.717) is 16.3 Å². The van der Waals surface area contributed by atoms with E-state index in [0.717, 1.165) is 15.5 Å². The molecule has 142 valence electrons. The molecule has 2 N–H and O–H groups in total. The Kier molecular flexibility index (Phi) is 4.93. The van der Waals surface area contributed by atoms with Gasteiger partial charge in [0.05, 0.1) is 23.7 Å². The Morgan fingerprint density at radius 1 is 1.29 bits per heavy atom. The minimum absolute atomic E-state index is 0.00908. The molecule has 0 radical (unpaired) electrons. The van der Waals surface area contributed by atoms with Crippen molar-refractivity contribution in [1.29, 1.82) is 0 Å². The molecule has 7 nitrogen and oxygen atoms in total. The third kappa shape index (κ3) is 3.80. The van der Waals surface area contributed by atoms with Gasteiger partial charge in [0.15, 0.2) is 5.13 Å².